The van der Waals surface area contributed by atoms with Crippen LogP contribution in [0.5, 0.6) is 0 Å². The molecule has 0 aliphatic rings. The van der Waals surface area contributed by atoms with Gasteiger partial charge in [0.1, 0.15) is 12.6 Å². The van der Waals surface area contributed by atoms with Crippen LogP contribution in [0.2, 0.25) is 15.1 Å². The molecule has 3 rings (SSSR count). The molecule has 0 aliphatic heterocycles. The van der Waals surface area contributed by atoms with E-state index in [9.17, 15) is 18.0 Å². The first-order valence-electron chi connectivity index (χ1n) is 13.0. The number of benzene rings is 3. The van der Waals surface area contributed by atoms with Crippen LogP contribution in [-0.2, 0) is 26.2 Å². The predicted octanol–water partition coefficient (Wildman–Crippen LogP) is 6.87. The standard InChI is InChI=1S/C30H34Cl3N3O4S/c1-6-27(29(38)34-30(3,4)5)35(18-24-25(32)8-7-9-26(24)33)28(37)19-36(22-14-10-20(2)11-15-22)41(39,40)23-16-12-21(31)13-17-23/h7-17,27H,6,18-19H2,1-5H3,(H,34,38). The van der Waals surface area contributed by atoms with Gasteiger partial charge < -0.3 is 10.2 Å². The minimum Gasteiger partial charge on any atom is -0.350 e. The zero-order chi connectivity index (χ0) is 30.5. The van der Waals surface area contributed by atoms with E-state index in [1.807, 2.05) is 27.7 Å². The number of nitrogens with zero attached hydrogens (tertiary/aromatic N) is 2. The Hall–Kier alpha value is -2.78. The number of carbonyl (C=O) groups excluding carboxylic acids is 2. The minimum atomic E-state index is -4.21. The van der Waals surface area contributed by atoms with Crippen LogP contribution >= 0.6 is 34.8 Å². The van der Waals surface area contributed by atoms with Gasteiger partial charge >= 0.3 is 0 Å². The van der Waals surface area contributed by atoms with Gasteiger partial charge in [0.15, 0.2) is 0 Å². The SMILES string of the molecule is CCC(C(=O)NC(C)(C)C)N(Cc1c(Cl)cccc1Cl)C(=O)CN(c1ccc(C)cc1)S(=O)(=O)c1ccc(Cl)cc1. The Morgan fingerprint density at radius 3 is 1.98 bits per heavy atom. The summed E-state index contributed by atoms with van der Waals surface area (Å²) in [7, 11) is -4.21. The molecule has 11 heteroatoms. The maximum atomic E-state index is 14.2. The highest BCUT2D eigenvalue weighted by atomic mass is 35.5. The Kier molecular flexibility index (Phi) is 10.7. The molecule has 3 aromatic carbocycles. The lowest BCUT2D eigenvalue weighted by molar-refractivity contribution is -0.141. The zero-order valence-corrected chi connectivity index (χ0v) is 26.7. The summed E-state index contributed by atoms with van der Waals surface area (Å²) in [5, 5.41) is 3.95. The van der Waals surface area contributed by atoms with Crippen molar-refractivity contribution in [3.63, 3.8) is 0 Å². The lowest BCUT2D eigenvalue weighted by atomic mass is 10.1. The third-order valence-corrected chi connectivity index (χ3v) is 9.02. The summed E-state index contributed by atoms with van der Waals surface area (Å²) < 4.78 is 28.8. The summed E-state index contributed by atoms with van der Waals surface area (Å²) in [6, 6.07) is 16.5. The average Bonchev–Trinajstić information content (AvgIpc) is 2.88. The fraction of sp³-hybridized carbons (Fsp3) is 0.333. The third kappa shape index (κ3) is 8.38. The molecule has 0 heterocycles. The van der Waals surface area contributed by atoms with Gasteiger partial charge in [-0.25, -0.2) is 8.42 Å². The third-order valence-electron chi connectivity index (χ3n) is 6.28. The first-order chi connectivity index (χ1) is 19.1. The van der Waals surface area contributed by atoms with Crippen molar-refractivity contribution in [2.45, 2.75) is 64.1 Å². The maximum Gasteiger partial charge on any atom is 0.264 e. The molecule has 1 N–H and O–H groups in total. The summed E-state index contributed by atoms with van der Waals surface area (Å²) >= 11 is 18.9. The molecule has 0 aliphatic carbocycles. The Labute approximate surface area is 257 Å². The number of rotatable bonds is 10. The van der Waals surface area contributed by atoms with Gasteiger partial charge in [-0.3, -0.25) is 13.9 Å². The second-order valence-corrected chi connectivity index (χ2v) is 13.8. The average molecular weight is 639 g/mol. The molecular weight excluding hydrogens is 605 g/mol. The maximum absolute atomic E-state index is 14.2. The molecule has 3 aromatic rings. The number of halogens is 3. The van der Waals surface area contributed by atoms with E-state index >= 15 is 0 Å². The molecule has 1 atom stereocenters. The quantitative estimate of drug-likeness (QED) is 0.263. The molecular formula is C30H34Cl3N3O4S. The molecule has 41 heavy (non-hydrogen) atoms. The summed E-state index contributed by atoms with van der Waals surface area (Å²) in [5.41, 5.74) is 1.10. The van der Waals surface area contributed by atoms with Crippen LogP contribution in [-0.4, -0.2) is 43.3 Å². The first-order valence-corrected chi connectivity index (χ1v) is 15.6. The second kappa shape index (κ2) is 13.5. The predicted molar refractivity (Wildman–Crippen MR) is 166 cm³/mol. The lowest BCUT2D eigenvalue weighted by Gasteiger charge is -2.35. The van der Waals surface area contributed by atoms with Gasteiger partial charge in [-0.2, -0.15) is 0 Å². The van der Waals surface area contributed by atoms with E-state index in [0.717, 1.165) is 9.87 Å². The molecule has 7 nitrogen and oxygen atoms in total. The smallest absolute Gasteiger partial charge is 0.264 e. The zero-order valence-electron chi connectivity index (χ0n) is 23.6. The Balaban J connectivity index is 2.11. The van der Waals surface area contributed by atoms with Crippen molar-refractivity contribution in [2.24, 2.45) is 0 Å². The monoisotopic (exact) mass is 637 g/mol. The number of carbonyl (C=O) groups is 2. The number of aryl methyl sites for hydroxylation is 1. The highest BCUT2D eigenvalue weighted by Crippen LogP contribution is 2.29. The molecule has 2 amide bonds. The number of amides is 2. The van der Waals surface area contributed by atoms with Crippen LogP contribution in [0.15, 0.2) is 71.6 Å². The summed E-state index contributed by atoms with van der Waals surface area (Å²) in [5.74, 6) is -0.978. The van der Waals surface area contributed by atoms with Gasteiger partial charge in [0.05, 0.1) is 10.6 Å². The first kappa shape index (κ1) is 32.7. The van der Waals surface area contributed by atoms with E-state index in [1.54, 1.807) is 49.4 Å². The minimum absolute atomic E-state index is 0.0338. The molecule has 0 radical (unpaired) electrons. The van der Waals surface area contributed by atoms with Crippen molar-refractivity contribution in [1.29, 1.82) is 0 Å². The fourth-order valence-electron chi connectivity index (χ4n) is 4.20. The Morgan fingerprint density at radius 1 is 0.902 bits per heavy atom. The van der Waals surface area contributed by atoms with Gasteiger partial charge in [-0.1, -0.05) is 65.5 Å². The van der Waals surface area contributed by atoms with Crippen LogP contribution in [0.4, 0.5) is 5.69 Å². The van der Waals surface area contributed by atoms with Crippen molar-refractivity contribution < 1.29 is 18.0 Å². The highest BCUT2D eigenvalue weighted by molar-refractivity contribution is 7.92. The Bertz CT molecular complexity index is 1470. The van der Waals surface area contributed by atoms with E-state index in [0.29, 0.717) is 26.3 Å². The second-order valence-electron chi connectivity index (χ2n) is 10.7. The number of sulfonamides is 1. The van der Waals surface area contributed by atoms with Crippen molar-refractivity contribution >= 4 is 62.3 Å². The molecule has 0 bridgehead atoms. The molecule has 1 unspecified atom stereocenters. The van der Waals surface area contributed by atoms with Gasteiger partial charge in [0, 0.05) is 32.7 Å². The lowest BCUT2D eigenvalue weighted by Crippen LogP contribution is -2.55. The van der Waals surface area contributed by atoms with Crippen molar-refractivity contribution in [2.75, 3.05) is 10.8 Å². The molecule has 0 spiro atoms. The molecule has 0 saturated carbocycles. The molecule has 0 saturated heterocycles. The van der Waals surface area contributed by atoms with Crippen LogP contribution in [0.3, 0.4) is 0 Å². The number of hydrogen-bond acceptors (Lipinski definition) is 4. The van der Waals surface area contributed by atoms with E-state index in [-0.39, 0.29) is 23.8 Å². The summed E-state index contributed by atoms with van der Waals surface area (Å²) in [6.45, 7) is 8.50. The van der Waals surface area contributed by atoms with Gasteiger partial charge in [0.25, 0.3) is 10.0 Å². The van der Waals surface area contributed by atoms with E-state index in [4.69, 9.17) is 34.8 Å². The topological polar surface area (TPSA) is 86.8 Å². The van der Waals surface area contributed by atoms with Crippen molar-refractivity contribution in [3.05, 3.63) is 92.9 Å². The van der Waals surface area contributed by atoms with E-state index < -0.39 is 34.1 Å². The largest absolute Gasteiger partial charge is 0.350 e. The van der Waals surface area contributed by atoms with Crippen LogP contribution in [0.1, 0.15) is 45.2 Å². The fourth-order valence-corrected chi connectivity index (χ4v) is 6.26. The van der Waals surface area contributed by atoms with E-state index in [2.05, 4.69) is 5.32 Å². The summed E-state index contributed by atoms with van der Waals surface area (Å²) in [4.78, 5) is 28.9. The number of anilines is 1. The Morgan fingerprint density at radius 2 is 1.46 bits per heavy atom. The van der Waals surface area contributed by atoms with Gasteiger partial charge in [0.2, 0.25) is 11.8 Å². The van der Waals surface area contributed by atoms with Crippen LogP contribution in [0.25, 0.3) is 0 Å². The highest BCUT2D eigenvalue weighted by Gasteiger charge is 2.35. The molecule has 0 aromatic heterocycles. The number of nitrogens with one attached hydrogen (secondary N) is 1. The van der Waals surface area contributed by atoms with Gasteiger partial charge in [-0.15, -0.1) is 0 Å². The van der Waals surface area contributed by atoms with Crippen LogP contribution in [0, 0.1) is 6.92 Å². The molecule has 220 valence electrons. The van der Waals surface area contributed by atoms with E-state index in [1.165, 1.54) is 29.2 Å². The van der Waals surface area contributed by atoms with Crippen molar-refractivity contribution in [1.82, 2.24) is 10.2 Å². The summed E-state index contributed by atoms with van der Waals surface area (Å²) in [6.07, 6.45) is 0.268. The van der Waals surface area contributed by atoms with Gasteiger partial charge in [-0.05, 0) is 82.6 Å². The van der Waals surface area contributed by atoms with Crippen molar-refractivity contribution in [3.8, 4) is 0 Å². The van der Waals surface area contributed by atoms with Crippen LogP contribution < -0.4 is 9.62 Å². The molecule has 0 fully saturated rings. The number of hydrogen-bond donors (Lipinski definition) is 1. The normalized spacial score (nSPS) is 12.5.